The fourth-order valence-electron chi connectivity index (χ4n) is 1.81. The maximum absolute atomic E-state index is 5.17. The maximum Gasteiger partial charge on any atom is 0.225 e. The lowest BCUT2D eigenvalue weighted by Crippen LogP contribution is -2.48. The van der Waals surface area contributed by atoms with Crippen molar-refractivity contribution in [2.45, 2.75) is 13.8 Å². The third-order valence-corrected chi connectivity index (χ3v) is 3.05. The summed E-state index contributed by atoms with van der Waals surface area (Å²) in [5.74, 6) is 0.835. The van der Waals surface area contributed by atoms with Crippen LogP contribution in [0.1, 0.15) is 12.6 Å². The van der Waals surface area contributed by atoms with Crippen LogP contribution in [0.25, 0.3) is 0 Å². The summed E-state index contributed by atoms with van der Waals surface area (Å²) in [5.41, 5.74) is 1.01. The Morgan fingerprint density at radius 2 is 2.00 bits per heavy atom. The zero-order chi connectivity index (χ0) is 11.5. The first-order valence-corrected chi connectivity index (χ1v) is 5.88. The van der Waals surface area contributed by atoms with E-state index in [1.54, 1.807) is 0 Å². The number of anilines is 1. The maximum atomic E-state index is 5.17. The Bertz CT molecular complexity index is 385. The van der Waals surface area contributed by atoms with E-state index in [0.29, 0.717) is 0 Å². The third-order valence-electron chi connectivity index (χ3n) is 2.79. The number of rotatable bonds is 1. The molecule has 1 aromatic heterocycles. The van der Waals surface area contributed by atoms with E-state index in [9.17, 15) is 0 Å². The molecule has 16 heavy (non-hydrogen) atoms. The van der Waals surface area contributed by atoms with Gasteiger partial charge in [-0.15, -0.1) is 0 Å². The van der Waals surface area contributed by atoms with Crippen LogP contribution in [-0.4, -0.2) is 46.0 Å². The molecule has 1 aliphatic rings. The van der Waals surface area contributed by atoms with Gasteiger partial charge in [-0.1, -0.05) is 12.2 Å². The number of nitrogens with zero attached hydrogens (tertiary/aromatic N) is 4. The van der Waals surface area contributed by atoms with Crippen molar-refractivity contribution in [3.63, 3.8) is 0 Å². The normalized spacial score (nSPS) is 16.4. The lowest BCUT2D eigenvalue weighted by atomic mass is 10.3. The van der Waals surface area contributed by atoms with Crippen molar-refractivity contribution in [2.75, 3.05) is 31.1 Å². The first kappa shape index (κ1) is 11.3. The van der Waals surface area contributed by atoms with E-state index in [0.717, 1.165) is 42.8 Å². The van der Waals surface area contributed by atoms with Gasteiger partial charge < -0.3 is 9.80 Å². The van der Waals surface area contributed by atoms with E-state index >= 15 is 0 Å². The highest BCUT2D eigenvalue weighted by molar-refractivity contribution is 7.80. The third kappa shape index (κ3) is 2.47. The van der Waals surface area contributed by atoms with Gasteiger partial charge in [-0.05, 0) is 19.9 Å². The van der Waals surface area contributed by atoms with Gasteiger partial charge in [0.15, 0.2) is 0 Å². The quantitative estimate of drug-likeness (QED) is 0.685. The molecule has 0 radical (unpaired) electrons. The second kappa shape index (κ2) is 4.74. The van der Waals surface area contributed by atoms with Crippen LogP contribution in [0.4, 0.5) is 5.95 Å². The highest BCUT2D eigenvalue weighted by Crippen LogP contribution is 2.11. The molecular weight excluding hydrogens is 220 g/mol. The molecule has 0 atom stereocenters. The van der Waals surface area contributed by atoms with Gasteiger partial charge in [0.05, 0.1) is 4.99 Å². The molecule has 2 heterocycles. The molecule has 5 heteroatoms. The average Bonchev–Trinajstić information content (AvgIpc) is 2.29. The van der Waals surface area contributed by atoms with Crippen molar-refractivity contribution in [3.05, 3.63) is 18.0 Å². The lowest BCUT2D eigenvalue weighted by Gasteiger charge is -2.35. The summed E-state index contributed by atoms with van der Waals surface area (Å²) < 4.78 is 0. The largest absolute Gasteiger partial charge is 0.363 e. The SMILES string of the molecule is CC(=S)N1CCN(c2nccc(C)n2)CC1. The van der Waals surface area contributed by atoms with Crippen molar-refractivity contribution < 1.29 is 0 Å². The summed E-state index contributed by atoms with van der Waals surface area (Å²) in [5, 5.41) is 0. The Morgan fingerprint density at radius 3 is 2.56 bits per heavy atom. The zero-order valence-electron chi connectivity index (χ0n) is 9.68. The van der Waals surface area contributed by atoms with Crippen LogP contribution in [0.15, 0.2) is 12.3 Å². The first-order valence-electron chi connectivity index (χ1n) is 5.47. The molecule has 0 saturated carbocycles. The Hall–Kier alpha value is -1.23. The van der Waals surface area contributed by atoms with Gasteiger partial charge in [-0.3, -0.25) is 0 Å². The van der Waals surface area contributed by atoms with Crippen LogP contribution in [0.3, 0.4) is 0 Å². The molecule has 0 bridgehead atoms. The van der Waals surface area contributed by atoms with Crippen LogP contribution in [0.5, 0.6) is 0 Å². The van der Waals surface area contributed by atoms with Crippen LogP contribution >= 0.6 is 12.2 Å². The van der Waals surface area contributed by atoms with Crippen LogP contribution < -0.4 is 4.90 Å². The van der Waals surface area contributed by atoms with E-state index in [1.165, 1.54) is 0 Å². The molecule has 1 fully saturated rings. The van der Waals surface area contributed by atoms with Crippen LogP contribution in [0, 0.1) is 6.92 Å². The molecule has 4 nitrogen and oxygen atoms in total. The molecule has 0 aromatic carbocycles. The monoisotopic (exact) mass is 236 g/mol. The van der Waals surface area contributed by atoms with E-state index in [2.05, 4.69) is 19.8 Å². The molecule has 0 spiro atoms. The number of thiocarbonyl (C=S) groups is 1. The summed E-state index contributed by atoms with van der Waals surface area (Å²) in [4.78, 5) is 14.1. The molecular formula is C11H16N4S. The number of hydrogen-bond donors (Lipinski definition) is 0. The minimum absolute atomic E-state index is 0.835. The number of piperazine rings is 1. The van der Waals surface area contributed by atoms with Crippen molar-refractivity contribution in [1.29, 1.82) is 0 Å². The highest BCUT2D eigenvalue weighted by atomic mass is 32.1. The first-order chi connectivity index (χ1) is 7.66. The van der Waals surface area contributed by atoms with Crippen molar-refractivity contribution in [3.8, 4) is 0 Å². The van der Waals surface area contributed by atoms with Gasteiger partial charge in [0.1, 0.15) is 0 Å². The summed E-state index contributed by atoms with van der Waals surface area (Å²) in [6.45, 7) is 7.78. The van der Waals surface area contributed by atoms with E-state index in [-0.39, 0.29) is 0 Å². The number of aryl methyl sites for hydroxylation is 1. The minimum Gasteiger partial charge on any atom is -0.363 e. The molecule has 0 aliphatic carbocycles. The predicted octanol–water partition coefficient (Wildman–Crippen LogP) is 1.25. The molecule has 86 valence electrons. The smallest absolute Gasteiger partial charge is 0.225 e. The highest BCUT2D eigenvalue weighted by Gasteiger charge is 2.18. The van der Waals surface area contributed by atoms with Crippen LogP contribution in [-0.2, 0) is 0 Å². The molecule has 1 aliphatic heterocycles. The fourth-order valence-corrected chi connectivity index (χ4v) is 1.99. The predicted molar refractivity (Wildman–Crippen MR) is 68.8 cm³/mol. The number of hydrogen-bond acceptors (Lipinski definition) is 4. The van der Waals surface area contributed by atoms with E-state index in [1.807, 2.05) is 26.1 Å². The summed E-state index contributed by atoms with van der Waals surface area (Å²) >= 11 is 5.17. The second-order valence-corrected chi connectivity index (χ2v) is 4.58. The molecule has 0 unspecified atom stereocenters. The van der Waals surface area contributed by atoms with Crippen molar-refractivity contribution >= 4 is 23.2 Å². The molecule has 0 amide bonds. The van der Waals surface area contributed by atoms with Crippen molar-refractivity contribution in [2.24, 2.45) is 0 Å². The lowest BCUT2D eigenvalue weighted by molar-refractivity contribution is 0.387. The van der Waals surface area contributed by atoms with Gasteiger partial charge in [0.25, 0.3) is 0 Å². The minimum atomic E-state index is 0.835. The van der Waals surface area contributed by atoms with Gasteiger partial charge in [-0.25, -0.2) is 9.97 Å². The van der Waals surface area contributed by atoms with Crippen molar-refractivity contribution in [1.82, 2.24) is 14.9 Å². The Kier molecular flexibility index (Phi) is 3.33. The van der Waals surface area contributed by atoms with Gasteiger partial charge >= 0.3 is 0 Å². The zero-order valence-corrected chi connectivity index (χ0v) is 10.5. The standard InChI is InChI=1S/C11H16N4S/c1-9-3-4-12-11(13-9)15-7-5-14(6-8-15)10(2)16/h3-4H,5-8H2,1-2H3. The van der Waals surface area contributed by atoms with Gasteiger partial charge in [-0.2, -0.15) is 0 Å². The Balaban J connectivity index is 2.01. The summed E-state index contributed by atoms with van der Waals surface area (Å²) in [6.07, 6.45) is 1.81. The molecule has 0 N–H and O–H groups in total. The topological polar surface area (TPSA) is 32.3 Å². The second-order valence-electron chi connectivity index (χ2n) is 3.99. The average molecular weight is 236 g/mol. The van der Waals surface area contributed by atoms with E-state index in [4.69, 9.17) is 12.2 Å². The molecule has 1 aromatic rings. The Morgan fingerprint density at radius 1 is 1.31 bits per heavy atom. The molecule has 1 saturated heterocycles. The van der Waals surface area contributed by atoms with Gasteiger partial charge in [0.2, 0.25) is 5.95 Å². The summed E-state index contributed by atoms with van der Waals surface area (Å²) in [7, 11) is 0. The summed E-state index contributed by atoms with van der Waals surface area (Å²) in [6, 6.07) is 1.92. The van der Waals surface area contributed by atoms with Crippen LogP contribution in [0.2, 0.25) is 0 Å². The molecule has 2 rings (SSSR count). The number of aromatic nitrogens is 2. The van der Waals surface area contributed by atoms with Gasteiger partial charge in [0, 0.05) is 38.1 Å². The Labute approximate surface area is 101 Å². The van der Waals surface area contributed by atoms with E-state index < -0.39 is 0 Å². The fraction of sp³-hybridized carbons (Fsp3) is 0.545.